The number of carbonyl (C=O) groups excluding carboxylic acids is 1. The summed E-state index contributed by atoms with van der Waals surface area (Å²) in [6.45, 7) is 0.887. The fourth-order valence-electron chi connectivity index (χ4n) is 1.77. The van der Waals surface area contributed by atoms with E-state index in [0.29, 0.717) is 5.82 Å². The van der Waals surface area contributed by atoms with Crippen molar-refractivity contribution >= 4 is 23.3 Å². The number of nitrogens with zero attached hydrogens (tertiary/aromatic N) is 3. The molecule has 1 unspecified atom stereocenters. The predicted molar refractivity (Wildman–Crippen MR) is 61.5 cm³/mol. The summed E-state index contributed by atoms with van der Waals surface area (Å²) in [7, 11) is 1.66. The van der Waals surface area contributed by atoms with Crippen LogP contribution in [0.1, 0.15) is 12.8 Å². The Morgan fingerprint density at radius 3 is 2.94 bits per heavy atom. The van der Waals surface area contributed by atoms with Crippen LogP contribution in [0.5, 0.6) is 0 Å². The van der Waals surface area contributed by atoms with E-state index in [1.54, 1.807) is 7.05 Å². The summed E-state index contributed by atoms with van der Waals surface area (Å²) in [4.78, 5) is 21.4. The van der Waals surface area contributed by atoms with Crippen molar-refractivity contribution < 1.29 is 4.79 Å². The Morgan fingerprint density at radius 1 is 1.56 bits per heavy atom. The van der Waals surface area contributed by atoms with Gasteiger partial charge in [-0.15, -0.1) is 0 Å². The normalized spacial score (nSPS) is 19.8. The molecule has 0 aromatic carbocycles. The van der Waals surface area contributed by atoms with Gasteiger partial charge in [-0.3, -0.25) is 9.69 Å². The number of likely N-dealkylation sites (N-methyl/N-ethyl adjacent to an activating group) is 1. The largest absolute Gasteiger partial charge is 0.306 e. The number of anilines is 1. The Balaban J connectivity index is 2.15. The molecule has 1 N–H and O–H groups in total. The van der Waals surface area contributed by atoms with Crippen molar-refractivity contribution in [3.05, 3.63) is 17.5 Å². The van der Waals surface area contributed by atoms with Crippen LogP contribution >= 0.6 is 11.6 Å². The first kappa shape index (κ1) is 11.3. The number of halogens is 1. The molecule has 1 aliphatic heterocycles. The van der Waals surface area contributed by atoms with Crippen LogP contribution < -0.4 is 10.2 Å². The molecule has 16 heavy (non-hydrogen) atoms. The van der Waals surface area contributed by atoms with E-state index in [1.807, 2.05) is 0 Å². The zero-order valence-corrected chi connectivity index (χ0v) is 9.74. The van der Waals surface area contributed by atoms with E-state index in [9.17, 15) is 4.79 Å². The highest BCUT2D eigenvalue weighted by atomic mass is 35.5. The van der Waals surface area contributed by atoms with E-state index in [2.05, 4.69) is 15.3 Å². The SMILES string of the molecule is CN(C(=O)C1CCCN1)c1nccnc1Cl. The molecule has 5 nitrogen and oxygen atoms in total. The van der Waals surface area contributed by atoms with Crippen LogP contribution in [0.3, 0.4) is 0 Å². The number of nitrogens with one attached hydrogen (secondary N) is 1. The van der Waals surface area contributed by atoms with Crippen molar-refractivity contribution in [1.82, 2.24) is 15.3 Å². The highest BCUT2D eigenvalue weighted by molar-refractivity contribution is 6.32. The molecule has 0 aliphatic carbocycles. The van der Waals surface area contributed by atoms with Crippen molar-refractivity contribution in [2.45, 2.75) is 18.9 Å². The molecule has 1 aromatic rings. The molecule has 0 saturated carbocycles. The zero-order chi connectivity index (χ0) is 11.5. The molecule has 1 amide bonds. The van der Waals surface area contributed by atoms with Gasteiger partial charge in [0.15, 0.2) is 11.0 Å². The van der Waals surface area contributed by atoms with Crippen LogP contribution in [-0.4, -0.2) is 35.5 Å². The minimum absolute atomic E-state index is 0.0140. The fourth-order valence-corrected chi connectivity index (χ4v) is 2.00. The van der Waals surface area contributed by atoms with Crippen molar-refractivity contribution in [2.75, 3.05) is 18.5 Å². The number of carbonyl (C=O) groups is 1. The van der Waals surface area contributed by atoms with Crippen LogP contribution in [0.25, 0.3) is 0 Å². The minimum Gasteiger partial charge on any atom is -0.306 e. The summed E-state index contributed by atoms with van der Waals surface area (Å²) in [5.74, 6) is 0.391. The maximum absolute atomic E-state index is 12.0. The van der Waals surface area contributed by atoms with Gasteiger partial charge in [0.2, 0.25) is 5.91 Å². The molecule has 2 heterocycles. The molecular weight excluding hydrogens is 228 g/mol. The monoisotopic (exact) mass is 240 g/mol. The van der Waals surface area contributed by atoms with Crippen LogP contribution in [0.4, 0.5) is 5.82 Å². The molecule has 1 atom stereocenters. The Morgan fingerprint density at radius 2 is 2.31 bits per heavy atom. The Kier molecular flexibility index (Phi) is 3.36. The second-order valence-corrected chi connectivity index (χ2v) is 4.07. The molecule has 0 spiro atoms. The maximum Gasteiger partial charge on any atom is 0.245 e. The van der Waals surface area contributed by atoms with Gasteiger partial charge >= 0.3 is 0 Å². The highest BCUT2D eigenvalue weighted by Crippen LogP contribution is 2.20. The maximum atomic E-state index is 12.0. The molecule has 2 rings (SSSR count). The molecule has 0 bridgehead atoms. The molecule has 86 valence electrons. The number of rotatable bonds is 2. The topological polar surface area (TPSA) is 58.1 Å². The summed E-state index contributed by atoms with van der Waals surface area (Å²) >= 11 is 5.88. The van der Waals surface area contributed by atoms with Gasteiger partial charge in [0, 0.05) is 19.4 Å². The molecule has 1 fully saturated rings. The van der Waals surface area contributed by atoms with E-state index < -0.39 is 0 Å². The summed E-state index contributed by atoms with van der Waals surface area (Å²) in [6.07, 6.45) is 4.91. The van der Waals surface area contributed by atoms with Crippen LogP contribution in [0, 0.1) is 0 Å². The van der Waals surface area contributed by atoms with Gasteiger partial charge in [-0.1, -0.05) is 11.6 Å². The van der Waals surface area contributed by atoms with Gasteiger partial charge in [-0.25, -0.2) is 9.97 Å². The van der Waals surface area contributed by atoms with E-state index in [0.717, 1.165) is 19.4 Å². The highest BCUT2D eigenvalue weighted by Gasteiger charge is 2.27. The van der Waals surface area contributed by atoms with E-state index in [1.165, 1.54) is 17.3 Å². The van der Waals surface area contributed by atoms with Gasteiger partial charge in [0.25, 0.3) is 0 Å². The Hall–Kier alpha value is -1.20. The lowest BCUT2D eigenvalue weighted by Gasteiger charge is -2.20. The summed E-state index contributed by atoms with van der Waals surface area (Å²) in [5.41, 5.74) is 0. The average Bonchev–Trinajstić information content (AvgIpc) is 2.81. The lowest BCUT2D eigenvalue weighted by molar-refractivity contribution is -0.120. The second kappa shape index (κ2) is 4.76. The van der Waals surface area contributed by atoms with Crippen LogP contribution in [0.15, 0.2) is 12.4 Å². The Labute approximate surface area is 98.8 Å². The predicted octanol–water partition coefficient (Wildman–Crippen LogP) is 0.845. The van der Waals surface area contributed by atoms with E-state index >= 15 is 0 Å². The van der Waals surface area contributed by atoms with Crippen LogP contribution in [0.2, 0.25) is 5.15 Å². The van der Waals surface area contributed by atoms with Crippen molar-refractivity contribution in [3.8, 4) is 0 Å². The lowest BCUT2D eigenvalue weighted by atomic mass is 10.2. The van der Waals surface area contributed by atoms with Crippen LogP contribution in [-0.2, 0) is 4.79 Å². The smallest absolute Gasteiger partial charge is 0.245 e. The first-order valence-electron chi connectivity index (χ1n) is 5.17. The lowest BCUT2D eigenvalue weighted by Crippen LogP contribution is -2.42. The minimum atomic E-state index is -0.122. The summed E-state index contributed by atoms with van der Waals surface area (Å²) in [6, 6.07) is -0.122. The van der Waals surface area contributed by atoms with Gasteiger partial charge in [-0.2, -0.15) is 0 Å². The van der Waals surface area contributed by atoms with E-state index in [-0.39, 0.29) is 17.1 Å². The molecule has 1 saturated heterocycles. The third-order valence-electron chi connectivity index (χ3n) is 2.64. The number of hydrogen-bond donors (Lipinski definition) is 1. The van der Waals surface area contributed by atoms with Gasteiger partial charge in [0.05, 0.1) is 6.04 Å². The first-order valence-corrected chi connectivity index (χ1v) is 5.55. The quantitative estimate of drug-likeness (QED) is 0.833. The standard InChI is InChI=1S/C10H13ClN4O/c1-15(9-8(11)13-5-6-14-9)10(16)7-3-2-4-12-7/h5-7,12H,2-4H2,1H3. The number of hydrogen-bond acceptors (Lipinski definition) is 4. The summed E-state index contributed by atoms with van der Waals surface area (Å²) in [5, 5.41) is 3.39. The van der Waals surface area contributed by atoms with Gasteiger partial charge in [-0.05, 0) is 19.4 Å². The van der Waals surface area contributed by atoms with Gasteiger partial charge in [0.1, 0.15) is 0 Å². The molecule has 1 aromatic heterocycles. The zero-order valence-electron chi connectivity index (χ0n) is 8.98. The third-order valence-corrected chi connectivity index (χ3v) is 2.91. The Bertz CT molecular complexity index is 392. The number of aromatic nitrogens is 2. The summed E-state index contributed by atoms with van der Waals surface area (Å²) < 4.78 is 0. The molecular formula is C10H13ClN4O. The van der Waals surface area contributed by atoms with E-state index in [4.69, 9.17) is 11.6 Å². The van der Waals surface area contributed by atoms with Gasteiger partial charge < -0.3 is 5.32 Å². The van der Waals surface area contributed by atoms with Crippen molar-refractivity contribution in [3.63, 3.8) is 0 Å². The first-order chi connectivity index (χ1) is 7.70. The molecule has 0 radical (unpaired) electrons. The average molecular weight is 241 g/mol. The fraction of sp³-hybridized carbons (Fsp3) is 0.500. The molecule has 1 aliphatic rings. The number of amides is 1. The third kappa shape index (κ3) is 2.15. The van der Waals surface area contributed by atoms with Crippen molar-refractivity contribution in [1.29, 1.82) is 0 Å². The second-order valence-electron chi connectivity index (χ2n) is 3.72. The molecule has 6 heteroatoms. The van der Waals surface area contributed by atoms with Crippen molar-refractivity contribution in [2.24, 2.45) is 0 Å².